The molecule has 0 radical (unpaired) electrons. The number of anilines is 1. The molecule has 0 bridgehead atoms. The third kappa shape index (κ3) is 3.58. The summed E-state index contributed by atoms with van der Waals surface area (Å²) in [6, 6.07) is 5.15. The second-order valence-corrected chi connectivity index (χ2v) is 8.22. The monoisotopic (exact) mass is 337 g/mol. The molecule has 0 aromatic heterocycles. The summed E-state index contributed by atoms with van der Waals surface area (Å²) < 4.78 is 1.24. The largest absolute Gasteiger partial charge is 0.382 e. The van der Waals surface area contributed by atoms with Crippen molar-refractivity contribution in [1.82, 2.24) is 0 Å². The predicted molar refractivity (Wildman–Crippen MR) is 92.4 cm³/mol. The van der Waals surface area contributed by atoms with E-state index < -0.39 is 0 Å². The average molecular weight is 338 g/mol. The number of aryl methyl sites for hydroxylation is 2. The summed E-state index contributed by atoms with van der Waals surface area (Å²) in [7, 11) is 0. The van der Waals surface area contributed by atoms with Gasteiger partial charge in [-0.2, -0.15) is 0 Å². The first-order valence-electron chi connectivity index (χ1n) is 7.82. The summed E-state index contributed by atoms with van der Waals surface area (Å²) >= 11 is 3.65. The average Bonchev–Trinajstić information content (AvgIpc) is 2.35. The Labute approximate surface area is 132 Å². The molecule has 1 aromatic rings. The minimum absolute atomic E-state index is 0.386. The first-order valence-corrected chi connectivity index (χ1v) is 8.61. The number of nitrogens with one attached hydrogen (secondary N) is 1. The van der Waals surface area contributed by atoms with Crippen molar-refractivity contribution in [1.29, 1.82) is 0 Å². The molecule has 1 fully saturated rings. The van der Waals surface area contributed by atoms with Gasteiger partial charge in [0.15, 0.2) is 0 Å². The third-order valence-electron chi connectivity index (χ3n) is 4.67. The van der Waals surface area contributed by atoms with E-state index in [2.05, 4.69) is 68.0 Å². The molecule has 1 aromatic carbocycles. The van der Waals surface area contributed by atoms with Gasteiger partial charge < -0.3 is 5.32 Å². The lowest BCUT2D eigenvalue weighted by atomic mass is 9.69. The Morgan fingerprint density at radius 2 is 1.60 bits per heavy atom. The zero-order valence-corrected chi connectivity index (χ0v) is 15.1. The number of rotatable bonds is 2. The molecule has 112 valence electrons. The van der Waals surface area contributed by atoms with Crippen LogP contribution in [0.3, 0.4) is 0 Å². The Balaban J connectivity index is 2.19. The van der Waals surface area contributed by atoms with Gasteiger partial charge in [-0.05, 0) is 61.3 Å². The number of hydrogen-bond donors (Lipinski definition) is 1. The molecule has 0 saturated heterocycles. The summed E-state index contributed by atoms with van der Waals surface area (Å²) in [5.41, 5.74) is 4.30. The van der Waals surface area contributed by atoms with Gasteiger partial charge in [-0.1, -0.05) is 49.5 Å². The van der Waals surface area contributed by atoms with Crippen molar-refractivity contribution in [2.75, 3.05) is 5.32 Å². The van der Waals surface area contributed by atoms with E-state index in [0.717, 1.165) is 5.92 Å². The zero-order valence-electron chi connectivity index (χ0n) is 13.5. The van der Waals surface area contributed by atoms with Gasteiger partial charge in [-0.15, -0.1) is 0 Å². The lowest BCUT2D eigenvalue weighted by molar-refractivity contribution is 0.163. The Morgan fingerprint density at radius 3 is 2.15 bits per heavy atom. The van der Waals surface area contributed by atoms with Crippen LogP contribution in [0.2, 0.25) is 0 Å². The molecule has 2 heteroatoms. The van der Waals surface area contributed by atoms with E-state index in [1.165, 1.54) is 47.0 Å². The lowest BCUT2D eigenvalue weighted by Gasteiger charge is -2.41. The van der Waals surface area contributed by atoms with Crippen LogP contribution in [-0.2, 0) is 0 Å². The molecule has 1 aliphatic rings. The van der Waals surface area contributed by atoms with E-state index in [-0.39, 0.29) is 0 Å². The standard InChI is InChI=1S/C18H28BrN/c1-12-10-14(11-13(2)17(12)19)20-16-9-7-6-8-15(16)18(3,4)5/h10-11,15-16,20H,6-9H2,1-5H3. The summed E-state index contributed by atoms with van der Waals surface area (Å²) in [6.45, 7) is 11.5. The van der Waals surface area contributed by atoms with E-state index in [4.69, 9.17) is 0 Å². The third-order valence-corrected chi connectivity index (χ3v) is 5.92. The van der Waals surface area contributed by atoms with E-state index in [1.54, 1.807) is 0 Å². The van der Waals surface area contributed by atoms with Crippen LogP contribution in [0.4, 0.5) is 5.69 Å². The summed E-state index contributed by atoms with van der Waals surface area (Å²) in [5, 5.41) is 3.83. The first-order chi connectivity index (χ1) is 9.29. The molecule has 20 heavy (non-hydrogen) atoms. The number of halogens is 1. The van der Waals surface area contributed by atoms with E-state index in [9.17, 15) is 0 Å². The highest BCUT2D eigenvalue weighted by Crippen LogP contribution is 2.39. The molecule has 1 nitrogen and oxygen atoms in total. The van der Waals surface area contributed by atoms with Gasteiger partial charge in [0.05, 0.1) is 0 Å². The number of benzene rings is 1. The van der Waals surface area contributed by atoms with Crippen LogP contribution in [0, 0.1) is 25.2 Å². The molecule has 0 amide bonds. The molecule has 1 saturated carbocycles. The van der Waals surface area contributed by atoms with Crippen molar-refractivity contribution in [2.24, 2.45) is 11.3 Å². The Bertz CT molecular complexity index is 450. The van der Waals surface area contributed by atoms with Gasteiger partial charge in [0.2, 0.25) is 0 Å². The second-order valence-electron chi connectivity index (χ2n) is 7.43. The van der Waals surface area contributed by atoms with Gasteiger partial charge in [-0.25, -0.2) is 0 Å². The molecule has 1 N–H and O–H groups in total. The van der Waals surface area contributed by atoms with Gasteiger partial charge in [0.25, 0.3) is 0 Å². The lowest BCUT2D eigenvalue weighted by Crippen LogP contribution is -2.39. The van der Waals surface area contributed by atoms with E-state index >= 15 is 0 Å². The second kappa shape index (κ2) is 6.09. The maximum atomic E-state index is 3.83. The smallest absolute Gasteiger partial charge is 0.0348 e. The predicted octanol–water partition coefficient (Wildman–Crippen LogP) is 6.08. The zero-order chi connectivity index (χ0) is 14.9. The van der Waals surface area contributed by atoms with Crippen LogP contribution in [0.5, 0.6) is 0 Å². The van der Waals surface area contributed by atoms with Crippen LogP contribution < -0.4 is 5.32 Å². The number of hydrogen-bond acceptors (Lipinski definition) is 1. The molecule has 1 aliphatic carbocycles. The van der Waals surface area contributed by atoms with Crippen molar-refractivity contribution in [3.8, 4) is 0 Å². The SMILES string of the molecule is Cc1cc(NC2CCCCC2C(C)(C)C)cc(C)c1Br. The molecule has 0 heterocycles. The minimum Gasteiger partial charge on any atom is -0.382 e. The maximum Gasteiger partial charge on any atom is 0.0348 e. The van der Waals surface area contributed by atoms with E-state index in [1.807, 2.05) is 0 Å². The normalized spacial score (nSPS) is 23.7. The summed E-state index contributed by atoms with van der Waals surface area (Å²) in [4.78, 5) is 0. The van der Waals surface area contributed by atoms with Gasteiger partial charge in [0.1, 0.15) is 0 Å². The highest BCUT2D eigenvalue weighted by molar-refractivity contribution is 9.10. The van der Waals surface area contributed by atoms with Crippen LogP contribution >= 0.6 is 15.9 Å². The quantitative estimate of drug-likeness (QED) is 0.689. The van der Waals surface area contributed by atoms with Crippen LogP contribution in [0.15, 0.2) is 16.6 Å². The van der Waals surface area contributed by atoms with Crippen molar-refractivity contribution in [2.45, 2.75) is 66.3 Å². The molecule has 0 spiro atoms. The molecule has 2 rings (SSSR count). The Morgan fingerprint density at radius 1 is 1.05 bits per heavy atom. The van der Waals surface area contributed by atoms with Crippen LogP contribution in [0.1, 0.15) is 57.6 Å². The Hall–Kier alpha value is -0.500. The van der Waals surface area contributed by atoms with Gasteiger partial charge in [-0.3, -0.25) is 0 Å². The highest BCUT2D eigenvalue weighted by Gasteiger charge is 2.34. The Kier molecular flexibility index (Phi) is 4.84. The van der Waals surface area contributed by atoms with E-state index in [0.29, 0.717) is 11.5 Å². The summed E-state index contributed by atoms with van der Waals surface area (Å²) in [6.07, 6.45) is 5.41. The maximum absolute atomic E-state index is 3.83. The topological polar surface area (TPSA) is 12.0 Å². The molecule has 0 aliphatic heterocycles. The van der Waals surface area contributed by atoms with Crippen molar-refractivity contribution < 1.29 is 0 Å². The minimum atomic E-state index is 0.386. The van der Waals surface area contributed by atoms with Crippen LogP contribution in [-0.4, -0.2) is 6.04 Å². The van der Waals surface area contributed by atoms with Crippen LogP contribution in [0.25, 0.3) is 0 Å². The van der Waals surface area contributed by atoms with Gasteiger partial charge in [0, 0.05) is 16.2 Å². The fourth-order valence-electron chi connectivity index (χ4n) is 3.58. The highest BCUT2D eigenvalue weighted by atomic mass is 79.9. The molecular formula is C18H28BrN. The first kappa shape index (κ1) is 15.9. The molecule has 2 unspecified atom stereocenters. The summed E-state index contributed by atoms with van der Waals surface area (Å²) in [5.74, 6) is 0.764. The van der Waals surface area contributed by atoms with Crippen molar-refractivity contribution in [3.63, 3.8) is 0 Å². The fraction of sp³-hybridized carbons (Fsp3) is 0.667. The molecular weight excluding hydrogens is 310 g/mol. The van der Waals surface area contributed by atoms with Gasteiger partial charge >= 0.3 is 0 Å². The van der Waals surface area contributed by atoms with Crippen molar-refractivity contribution >= 4 is 21.6 Å². The fourth-order valence-corrected chi connectivity index (χ4v) is 3.81. The molecule has 2 atom stereocenters. The van der Waals surface area contributed by atoms with Crippen molar-refractivity contribution in [3.05, 3.63) is 27.7 Å².